The Morgan fingerprint density at radius 3 is 2.78 bits per heavy atom. The molecule has 0 aliphatic carbocycles. The summed E-state index contributed by atoms with van der Waals surface area (Å²) < 4.78 is 21.3. The van der Waals surface area contributed by atoms with E-state index < -0.39 is 24.2 Å². The molecular formula is C6H11NO2. The summed E-state index contributed by atoms with van der Waals surface area (Å²) >= 11 is 0. The molecule has 3 nitrogen and oxygen atoms in total. The second-order valence-electron chi connectivity index (χ2n) is 2.52. The van der Waals surface area contributed by atoms with Crippen LogP contribution in [0.25, 0.3) is 0 Å². The number of hydroxylamine groups is 2. The number of β-lactam (4-membered cyclic amide) rings is 1. The first-order valence-electron chi connectivity index (χ1n) is 4.26. The van der Waals surface area contributed by atoms with Crippen LogP contribution in [0.5, 0.6) is 0 Å². The van der Waals surface area contributed by atoms with Crippen LogP contribution in [0.1, 0.15) is 24.8 Å². The van der Waals surface area contributed by atoms with Gasteiger partial charge in [0, 0.05) is 4.11 Å². The molecule has 2 atom stereocenters. The third-order valence-electron chi connectivity index (χ3n) is 1.86. The summed E-state index contributed by atoms with van der Waals surface area (Å²) in [5, 5.41) is 9.38. The molecule has 1 N–H and O–H groups in total. The summed E-state index contributed by atoms with van der Waals surface area (Å²) in [5.41, 5.74) is -1.41. The van der Waals surface area contributed by atoms with Crippen molar-refractivity contribution in [3.05, 3.63) is 0 Å². The molecule has 1 fully saturated rings. The van der Waals surface area contributed by atoms with Crippen molar-refractivity contribution in [3.8, 4) is 0 Å². The smallest absolute Gasteiger partial charge is 0.251 e. The Morgan fingerprint density at radius 1 is 2.00 bits per heavy atom. The lowest BCUT2D eigenvalue weighted by molar-refractivity contribution is -0.239. The fourth-order valence-corrected chi connectivity index (χ4v) is 0.770. The van der Waals surface area contributed by atoms with Crippen LogP contribution >= 0.6 is 0 Å². The van der Waals surface area contributed by atoms with Crippen LogP contribution < -0.4 is 0 Å². The number of hydrogen-bond acceptors (Lipinski definition) is 2. The van der Waals surface area contributed by atoms with Crippen LogP contribution in [0.2, 0.25) is 0 Å². The summed E-state index contributed by atoms with van der Waals surface area (Å²) in [6, 6.07) is 0. The first kappa shape index (κ1) is 3.56. The fraction of sp³-hybridized carbons (Fsp3) is 0.833. The molecule has 0 unspecified atom stereocenters. The molecular weight excluding hydrogens is 118 g/mol. The SMILES string of the molecule is [2H]C([2H])([2H])[C@]1(C)[C@H](C)C(=O)N1O. The molecule has 52 valence electrons. The topological polar surface area (TPSA) is 40.5 Å². The molecule has 0 radical (unpaired) electrons. The van der Waals surface area contributed by atoms with Gasteiger partial charge in [0.1, 0.15) is 0 Å². The average Bonchev–Trinajstić information content (AvgIpc) is 1.98. The maximum Gasteiger partial charge on any atom is 0.251 e. The van der Waals surface area contributed by atoms with Gasteiger partial charge < -0.3 is 0 Å². The molecule has 1 saturated heterocycles. The molecule has 3 heteroatoms. The van der Waals surface area contributed by atoms with Gasteiger partial charge in [0.2, 0.25) is 0 Å². The van der Waals surface area contributed by atoms with Crippen molar-refractivity contribution in [2.24, 2.45) is 5.92 Å². The second kappa shape index (κ2) is 1.48. The van der Waals surface area contributed by atoms with Crippen LogP contribution in [0.3, 0.4) is 0 Å². The highest BCUT2D eigenvalue weighted by molar-refractivity contribution is 5.85. The van der Waals surface area contributed by atoms with Crippen LogP contribution in [-0.2, 0) is 4.79 Å². The van der Waals surface area contributed by atoms with Crippen LogP contribution in [0.15, 0.2) is 0 Å². The highest BCUT2D eigenvalue weighted by Gasteiger charge is 2.50. The molecule has 0 saturated carbocycles. The Kier molecular flexibility index (Phi) is 0.584. The average molecular weight is 132 g/mol. The second-order valence-corrected chi connectivity index (χ2v) is 2.52. The molecule has 0 aromatic carbocycles. The lowest BCUT2D eigenvalue weighted by Crippen LogP contribution is -2.65. The minimum Gasteiger partial charge on any atom is -0.285 e. The van der Waals surface area contributed by atoms with Gasteiger partial charge in [-0.1, -0.05) is 6.92 Å². The van der Waals surface area contributed by atoms with E-state index in [1.165, 1.54) is 13.8 Å². The number of amides is 1. The first-order valence-corrected chi connectivity index (χ1v) is 2.76. The fourth-order valence-electron chi connectivity index (χ4n) is 0.770. The molecule has 1 aliphatic heterocycles. The highest BCUT2D eigenvalue weighted by atomic mass is 16.5. The molecule has 0 bridgehead atoms. The van der Waals surface area contributed by atoms with Crippen LogP contribution in [0, 0.1) is 5.92 Å². The number of nitrogens with zero attached hydrogens (tertiary/aromatic N) is 1. The van der Waals surface area contributed by atoms with Crippen molar-refractivity contribution >= 4 is 5.91 Å². The van der Waals surface area contributed by atoms with Gasteiger partial charge in [0.25, 0.3) is 5.91 Å². The summed E-state index contributed by atoms with van der Waals surface area (Å²) in [6.45, 7) is 0.516. The summed E-state index contributed by atoms with van der Waals surface area (Å²) in [5.74, 6) is -1.18. The quantitative estimate of drug-likeness (QED) is 0.388. The van der Waals surface area contributed by atoms with E-state index in [-0.39, 0.29) is 0 Å². The zero-order chi connectivity index (χ0) is 9.73. The number of hydrogen-bond donors (Lipinski definition) is 1. The molecule has 0 aromatic rings. The van der Waals surface area contributed by atoms with Crippen LogP contribution in [0.4, 0.5) is 0 Å². The van der Waals surface area contributed by atoms with E-state index in [1.54, 1.807) is 0 Å². The Morgan fingerprint density at radius 2 is 2.56 bits per heavy atom. The van der Waals surface area contributed by atoms with E-state index >= 15 is 0 Å². The first-order chi connectivity index (χ1) is 5.23. The van der Waals surface area contributed by atoms with Gasteiger partial charge in [-0.25, -0.2) is 5.06 Å². The van der Waals surface area contributed by atoms with E-state index in [4.69, 9.17) is 9.32 Å². The maximum absolute atomic E-state index is 10.8. The minimum atomic E-state index is -2.34. The van der Waals surface area contributed by atoms with E-state index in [0.717, 1.165) is 0 Å². The molecule has 9 heavy (non-hydrogen) atoms. The lowest BCUT2D eigenvalue weighted by atomic mass is 9.80. The predicted octanol–water partition coefficient (Wildman–Crippen LogP) is 0.633. The van der Waals surface area contributed by atoms with Crippen molar-refractivity contribution in [2.45, 2.75) is 26.2 Å². The molecule has 1 aliphatic rings. The summed E-state index contributed by atoms with van der Waals surface area (Å²) in [7, 11) is 0. The van der Waals surface area contributed by atoms with Gasteiger partial charge in [0.15, 0.2) is 0 Å². The van der Waals surface area contributed by atoms with Crippen molar-refractivity contribution < 1.29 is 14.1 Å². The molecule has 0 spiro atoms. The van der Waals surface area contributed by atoms with Crippen molar-refractivity contribution in [1.29, 1.82) is 0 Å². The van der Waals surface area contributed by atoms with E-state index in [1.807, 2.05) is 0 Å². The maximum atomic E-state index is 10.8. The zero-order valence-electron chi connectivity index (χ0n) is 8.38. The van der Waals surface area contributed by atoms with E-state index in [9.17, 15) is 4.79 Å². The number of carbonyl (C=O) groups excluding carboxylic acids is 1. The standard InChI is InChI=1S/C6H11NO2/c1-4-5(8)7(9)6(4,2)3/h4,9H,1-3H3/t4-/m1/s1/i2D3/t4-,6+. The van der Waals surface area contributed by atoms with Gasteiger partial charge in [-0.3, -0.25) is 10.0 Å². The van der Waals surface area contributed by atoms with Gasteiger partial charge in [-0.15, -0.1) is 0 Å². The normalized spacial score (nSPS) is 49.2. The Bertz CT molecular complexity index is 213. The van der Waals surface area contributed by atoms with Crippen molar-refractivity contribution in [2.75, 3.05) is 0 Å². The van der Waals surface area contributed by atoms with Gasteiger partial charge >= 0.3 is 0 Å². The Hall–Kier alpha value is -0.570. The highest BCUT2D eigenvalue weighted by Crippen LogP contribution is 2.34. The van der Waals surface area contributed by atoms with Gasteiger partial charge in [-0.05, 0) is 13.8 Å². The molecule has 1 rings (SSSR count). The van der Waals surface area contributed by atoms with Crippen LogP contribution in [-0.4, -0.2) is 21.7 Å². The third-order valence-corrected chi connectivity index (χ3v) is 1.86. The predicted molar refractivity (Wildman–Crippen MR) is 31.9 cm³/mol. The third kappa shape index (κ3) is 0.580. The van der Waals surface area contributed by atoms with E-state index in [0.29, 0.717) is 5.06 Å². The van der Waals surface area contributed by atoms with Gasteiger partial charge in [0.05, 0.1) is 11.5 Å². The zero-order valence-corrected chi connectivity index (χ0v) is 5.38. The monoisotopic (exact) mass is 132 g/mol. The lowest BCUT2D eigenvalue weighted by Gasteiger charge is -2.48. The van der Waals surface area contributed by atoms with Crippen molar-refractivity contribution in [3.63, 3.8) is 0 Å². The summed E-state index contributed by atoms with van der Waals surface area (Å²) in [6.07, 6.45) is 0. The summed E-state index contributed by atoms with van der Waals surface area (Å²) in [4.78, 5) is 10.8. The molecule has 0 aromatic heterocycles. The Balaban J connectivity index is 2.95. The minimum absolute atomic E-state index is 0.310. The largest absolute Gasteiger partial charge is 0.285 e. The van der Waals surface area contributed by atoms with Crippen molar-refractivity contribution in [1.82, 2.24) is 5.06 Å². The number of rotatable bonds is 0. The number of carbonyl (C=O) groups is 1. The Labute approximate surface area is 58.4 Å². The molecule has 1 amide bonds. The van der Waals surface area contributed by atoms with Gasteiger partial charge in [-0.2, -0.15) is 0 Å². The molecule has 1 heterocycles. The van der Waals surface area contributed by atoms with E-state index in [2.05, 4.69) is 0 Å².